The summed E-state index contributed by atoms with van der Waals surface area (Å²) >= 11 is 0. The number of amides is 1. The third-order valence-corrected chi connectivity index (χ3v) is 4.97. The van der Waals surface area contributed by atoms with E-state index in [0.29, 0.717) is 34.2 Å². The molecule has 1 aromatic heterocycles. The van der Waals surface area contributed by atoms with Crippen molar-refractivity contribution < 1.29 is 24.1 Å². The Morgan fingerprint density at radius 2 is 1.77 bits per heavy atom. The molecule has 3 aromatic rings. The van der Waals surface area contributed by atoms with Gasteiger partial charge in [0.15, 0.2) is 11.5 Å². The minimum atomic E-state index is -1.03. The van der Waals surface area contributed by atoms with Crippen molar-refractivity contribution in [3.63, 3.8) is 0 Å². The third kappa shape index (κ3) is 3.87. The molecule has 7 nitrogen and oxygen atoms in total. The molecule has 7 heteroatoms. The lowest BCUT2D eigenvalue weighted by Gasteiger charge is -2.22. The van der Waals surface area contributed by atoms with Crippen LogP contribution in [0.1, 0.15) is 11.1 Å². The van der Waals surface area contributed by atoms with E-state index in [-0.39, 0.29) is 6.54 Å². The second kappa shape index (κ2) is 8.73. The first kappa shape index (κ1) is 21.0. The van der Waals surface area contributed by atoms with Crippen LogP contribution in [0.2, 0.25) is 0 Å². The number of hydrogen-bond donors (Lipinski definition) is 1. The molecule has 0 aliphatic rings. The van der Waals surface area contributed by atoms with Crippen molar-refractivity contribution in [2.45, 2.75) is 13.8 Å². The van der Waals surface area contributed by atoms with Gasteiger partial charge in [0.2, 0.25) is 0 Å². The van der Waals surface area contributed by atoms with Gasteiger partial charge in [0, 0.05) is 24.2 Å². The van der Waals surface area contributed by atoms with Crippen LogP contribution in [0, 0.1) is 13.8 Å². The molecule has 0 fully saturated rings. The predicted octanol–water partition coefficient (Wildman–Crippen LogP) is 5.33. The van der Waals surface area contributed by atoms with Gasteiger partial charge >= 0.3 is 6.09 Å². The van der Waals surface area contributed by atoms with Gasteiger partial charge in [-0.3, -0.25) is 9.88 Å². The number of benzene rings is 2. The second-order valence-electron chi connectivity index (χ2n) is 6.65. The van der Waals surface area contributed by atoms with Crippen LogP contribution in [-0.2, 0) is 0 Å². The van der Waals surface area contributed by atoms with Crippen LogP contribution < -0.4 is 19.1 Å². The standard InChI is InChI=1S/C23H24N2O5/c1-6-11-25(23(26)27)18-7-8-19(15(3)14(18)2)30-20-9-10-24-17-13-22(29-5)21(28-4)12-16(17)20/h6-10,12-13H,1,11H2,2-5H3,(H,26,27). The average molecular weight is 408 g/mol. The molecule has 1 amide bonds. The summed E-state index contributed by atoms with van der Waals surface area (Å²) in [4.78, 5) is 17.2. The van der Waals surface area contributed by atoms with Crippen molar-refractivity contribution in [3.8, 4) is 23.0 Å². The Morgan fingerprint density at radius 3 is 2.40 bits per heavy atom. The monoisotopic (exact) mass is 408 g/mol. The van der Waals surface area contributed by atoms with Crippen LogP contribution in [-0.4, -0.2) is 36.9 Å². The number of methoxy groups -OCH3 is 2. The Labute approximate surface area is 175 Å². The SMILES string of the molecule is C=CCN(C(=O)O)c1ccc(Oc2ccnc3cc(OC)c(OC)cc23)c(C)c1C. The second-order valence-corrected chi connectivity index (χ2v) is 6.65. The van der Waals surface area contributed by atoms with E-state index in [2.05, 4.69) is 11.6 Å². The maximum absolute atomic E-state index is 11.6. The number of hydrogen-bond acceptors (Lipinski definition) is 5. The van der Waals surface area contributed by atoms with Crippen molar-refractivity contribution >= 4 is 22.7 Å². The van der Waals surface area contributed by atoms with Gasteiger partial charge in [0.1, 0.15) is 11.5 Å². The van der Waals surface area contributed by atoms with E-state index in [1.807, 2.05) is 19.9 Å². The van der Waals surface area contributed by atoms with Gasteiger partial charge in [-0.1, -0.05) is 6.08 Å². The molecule has 1 heterocycles. The molecule has 0 atom stereocenters. The molecule has 2 aromatic carbocycles. The predicted molar refractivity (Wildman–Crippen MR) is 116 cm³/mol. The fraction of sp³-hybridized carbons (Fsp3) is 0.217. The Kier molecular flexibility index (Phi) is 6.11. The van der Waals surface area contributed by atoms with Crippen molar-refractivity contribution in [3.05, 3.63) is 60.3 Å². The van der Waals surface area contributed by atoms with Crippen molar-refractivity contribution in [1.29, 1.82) is 0 Å². The molecule has 0 saturated heterocycles. The van der Waals surface area contributed by atoms with Gasteiger partial charge in [0.25, 0.3) is 0 Å². The van der Waals surface area contributed by atoms with Crippen molar-refractivity contribution in [2.24, 2.45) is 0 Å². The number of carboxylic acid groups (broad SMARTS) is 1. The normalized spacial score (nSPS) is 10.5. The van der Waals surface area contributed by atoms with E-state index in [1.54, 1.807) is 50.8 Å². The third-order valence-electron chi connectivity index (χ3n) is 4.97. The molecule has 30 heavy (non-hydrogen) atoms. The van der Waals surface area contributed by atoms with E-state index in [9.17, 15) is 9.90 Å². The number of rotatable bonds is 7. The highest BCUT2D eigenvalue weighted by Crippen LogP contribution is 2.39. The van der Waals surface area contributed by atoms with Gasteiger partial charge in [-0.15, -0.1) is 6.58 Å². The lowest BCUT2D eigenvalue weighted by Crippen LogP contribution is -2.30. The minimum Gasteiger partial charge on any atom is -0.493 e. The zero-order chi connectivity index (χ0) is 21.8. The summed E-state index contributed by atoms with van der Waals surface area (Å²) in [5, 5.41) is 10.3. The molecule has 0 bridgehead atoms. The van der Waals surface area contributed by atoms with E-state index >= 15 is 0 Å². The highest BCUT2D eigenvalue weighted by molar-refractivity contribution is 5.89. The smallest absolute Gasteiger partial charge is 0.412 e. The molecule has 0 unspecified atom stereocenters. The molecule has 0 spiro atoms. The molecule has 0 saturated carbocycles. The van der Waals surface area contributed by atoms with Gasteiger partial charge < -0.3 is 19.3 Å². The first-order chi connectivity index (χ1) is 14.4. The molecular formula is C23H24N2O5. The summed E-state index contributed by atoms with van der Waals surface area (Å²) in [6.07, 6.45) is 2.18. The maximum Gasteiger partial charge on any atom is 0.412 e. The van der Waals surface area contributed by atoms with E-state index < -0.39 is 6.09 Å². The number of aromatic nitrogens is 1. The van der Waals surface area contributed by atoms with Gasteiger partial charge in [-0.2, -0.15) is 0 Å². The summed E-state index contributed by atoms with van der Waals surface area (Å²) in [6.45, 7) is 7.60. The van der Waals surface area contributed by atoms with Gasteiger partial charge in [0.05, 0.1) is 25.4 Å². The molecule has 3 rings (SSSR count). The number of pyridine rings is 1. The summed E-state index contributed by atoms with van der Waals surface area (Å²) in [7, 11) is 3.15. The minimum absolute atomic E-state index is 0.201. The summed E-state index contributed by atoms with van der Waals surface area (Å²) < 4.78 is 17.0. The van der Waals surface area contributed by atoms with Crippen LogP contribution in [0.4, 0.5) is 10.5 Å². The van der Waals surface area contributed by atoms with Crippen LogP contribution in [0.3, 0.4) is 0 Å². The van der Waals surface area contributed by atoms with Crippen molar-refractivity contribution in [1.82, 2.24) is 4.98 Å². The van der Waals surface area contributed by atoms with E-state index in [4.69, 9.17) is 14.2 Å². The lowest BCUT2D eigenvalue weighted by molar-refractivity contribution is 0.202. The van der Waals surface area contributed by atoms with Crippen LogP contribution in [0.5, 0.6) is 23.0 Å². The first-order valence-corrected chi connectivity index (χ1v) is 9.31. The largest absolute Gasteiger partial charge is 0.493 e. The molecule has 156 valence electrons. The zero-order valence-electron chi connectivity index (χ0n) is 17.4. The van der Waals surface area contributed by atoms with Crippen LogP contribution >= 0.6 is 0 Å². The topological polar surface area (TPSA) is 81.1 Å². The summed E-state index contributed by atoms with van der Waals surface area (Å²) in [5.41, 5.74) is 2.96. The Balaban J connectivity index is 2.04. The number of nitrogens with zero attached hydrogens (tertiary/aromatic N) is 2. The fourth-order valence-electron chi connectivity index (χ4n) is 3.25. The Hall–Kier alpha value is -3.74. The van der Waals surface area contributed by atoms with E-state index in [0.717, 1.165) is 16.5 Å². The molecule has 1 N–H and O–H groups in total. The zero-order valence-corrected chi connectivity index (χ0v) is 17.4. The van der Waals surface area contributed by atoms with Crippen molar-refractivity contribution in [2.75, 3.05) is 25.7 Å². The number of fused-ring (bicyclic) bond motifs is 1. The molecule has 0 aliphatic carbocycles. The first-order valence-electron chi connectivity index (χ1n) is 9.31. The Bertz CT molecular complexity index is 1110. The summed E-state index contributed by atoms with van der Waals surface area (Å²) in [6, 6.07) is 8.90. The van der Waals surface area contributed by atoms with Crippen LogP contribution in [0.15, 0.2) is 49.2 Å². The number of carbonyl (C=O) groups is 1. The summed E-state index contributed by atoms with van der Waals surface area (Å²) in [5.74, 6) is 2.40. The van der Waals surface area contributed by atoms with Gasteiger partial charge in [-0.05, 0) is 49.2 Å². The molecule has 0 aliphatic heterocycles. The van der Waals surface area contributed by atoms with E-state index in [1.165, 1.54) is 4.90 Å². The van der Waals surface area contributed by atoms with Gasteiger partial charge in [-0.25, -0.2) is 4.79 Å². The highest BCUT2D eigenvalue weighted by Gasteiger charge is 2.19. The number of ether oxygens (including phenoxy) is 3. The molecule has 0 radical (unpaired) electrons. The average Bonchev–Trinajstić information content (AvgIpc) is 2.74. The Morgan fingerprint density at radius 1 is 1.07 bits per heavy atom. The lowest BCUT2D eigenvalue weighted by atomic mass is 10.1. The number of anilines is 1. The van der Waals surface area contributed by atoms with Crippen LogP contribution in [0.25, 0.3) is 10.9 Å². The quantitative estimate of drug-likeness (QED) is 0.532. The molecular weight excluding hydrogens is 384 g/mol. The highest BCUT2D eigenvalue weighted by atomic mass is 16.5. The maximum atomic E-state index is 11.6. The fourth-order valence-corrected chi connectivity index (χ4v) is 3.25.